The van der Waals surface area contributed by atoms with Crippen LogP contribution in [0.15, 0.2) is 18.2 Å². The normalized spacial score (nSPS) is 15.8. The summed E-state index contributed by atoms with van der Waals surface area (Å²) in [5.74, 6) is 0.797. The summed E-state index contributed by atoms with van der Waals surface area (Å²) in [5.41, 5.74) is 0.906. The van der Waals surface area contributed by atoms with Gasteiger partial charge in [-0.05, 0) is 24.8 Å². The summed E-state index contributed by atoms with van der Waals surface area (Å²) < 4.78 is 19.5. The standard InChI is InChI=1S/C15H22FNO/c1-11(2)17-9-13-7-4-8-14(16)15(13)18-10-12-5-3-6-12/h4,7-8,11-12,17H,3,5-6,9-10H2,1-2H3. The van der Waals surface area contributed by atoms with E-state index in [-0.39, 0.29) is 5.82 Å². The van der Waals surface area contributed by atoms with Gasteiger partial charge in [-0.3, -0.25) is 0 Å². The fourth-order valence-corrected chi connectivity index (χ4v) is 2.03. The Hall–Kier alpha value is -1.09. The Morgan fingerprint density at radius 3 is 2.78 bits per heavy atom. The summed E-state index contributed by atoms with van der Waals surface area (Å²) in [6.07, 6.45) is 3.72. The first-order valence-electron chi connectivity index (χ1n) is 6.80. The molecule has 1 N–H and O–H groups in total. The number of rotatable bonds is 6. The van der Waals surface area contributed by atoms with Crippen molar-refractivity contribution in [2.45, 2.75) is 45.7 Å². The molecule has 2 rings (SSSR count). The van der Waals surface area contributed by atoms with Gasteiger partial charge in [0.2, 0.25) is 0 Å². The van der Waals surface area contributed by atoms with Gasteiger partial charge in [0, 0.05) is 18.2 Å². The molecule has 0 spiro atoms. The fourth-order valence-electron chi connectivity index (χ4n) is 2.03. The summed E-state index contributed by atoms with van der Waals surface area (Å²) in [6.45, 7) is 5.45. The first kappa shape index (κ1) is 13.3. The highest BCUT2D eigenvalue weighted by atomic mass is 19.1. The van der Waals surface area contributed by atoms with Crippen LogP contribution in [0.3, 0.4) is 0 Å². The number of benzene rings is 1. The van der Waals surface area contributed by atoms with Crippen LogP contribution in [0.2, 0.25) is 0 Å². The van der Waals surface area contributed by atoms with Crippen LogP contribution in [0.25, 0.3) is 0 Å². The Kier molecular flexibility index (Phi) is 4.59. The molecule has 1 aromatic carbocycles. The molecular weight excluding hydrogens is 229 g/mol. The van der Waals surface area contributed by atoms with E-state index in [4.69, 9.17) is 4.74 Å². The van der Waals surface area contributed by atoms with Gasteiger partial charge in [0.1, 0.15) is 0 Å². The molecule has 0 unspecified atom stereocenters. The second-order valence-electron chi connectivity index (χ2n) is 5.37. The molecule has 0 heterocycles. The molecule has 1 aromatic rings. The smallest absolute Gasteiger partial charge is 0.165 e. The average molecular weight is 251 g/mol. The van der Waals surface area contributed by atoms with Crippen molar-refractivity contribution in [1.82, 2.24) is 5.32 Å². The van der Waals surface area contributed by atoms with Crippen LogP contribution in [0.1, 0.15) is 38.7 Å². The van der Waals surface area contributed by atoms with Crippen molar-refractivity contribution >= 4 is 0 Å². The zero-order chi connectivity index (χ0) is 13.0. The topological polar surface area (TPSA) is 21.3 Å². The molecule has 1 fully saturated rings. The molecule has 0 saturated heterocycles. The Morgan fingerprint density at radius 2 is 2.17 bits per heavy atom. The van der Waals surface area contributed by atoms with Crippen molar-refractivity contribution in [3.05, 3.63) is 29.6 Å². The second kappa shape index (κ2) is 6.19. The molecule has 0 aliphatic heterocycles. The van der Waals surface area contributed by atoms with E-state index in [1.54, 1.807) is 6.07 Å². The van der Waals surface area contributed by atoms with E-state index in [1.165, 1.54) is 25.3 Å². The summed E-state index contributed by atoms with van der Waals surface area (Å²) in [7, 11) is 0. The van der Waals surface area contributed by atoms with E-state index in [9.17, 15) is 4.39 Å². The lowest BCUT2D eigenvalue weighted by Gasteiger charge is -2.26. The zero-order valence-corrected chi connectivity index (χ0v) is 11.2. The maximum Gasteiger partial charge on any atom is 0.165 e. The minimum absolute atomic E-state index is 0.252. The third kappa shape index (κ3) is 3.45. The monoisotopic (exact) mass is 251 g/mol. The quantitative estimate of drug-likeness (QED) is 0.835. The molecule has 1 aliphatic carbocycles. The van der Waals surface area contributed by atoms with Crippen molar-refractivity contribution in [3.8, 4) is 5.75 Å². The lowest BCUT2D eigenvalue weighted by molar-refractivity contribution is 0.174. The van der Waals surface area contributed by atoms with Crippen molar-refractivity contribution in [2.24, 2.45) is 5.92 Å². The summed E-state index contributed by atoms with van der Waals surface area (Å²) >= 11 is 0. The Balaban J connectivity index is 2.00. The van der Waals surface area contributed by atoms with Gasteiger partial charge in [0.05, 0.1) is 6.61 Å². The van der Waals surface area contributed by atoms with E-state index in [1.807, 2.05) is 6.07 Å². The van der Waals surface area contributed by atoms with Gasteiger partial charge in [-0.15, -0.1) is 0 Å². The molecule has 0 radical (unpaired) electrons. The predicted molar refractivity (Wildman–Crippen MR) is 71.2 cm³/mol. The summed E-state index contributed by atoms with van der Waals surface area (Å²) in [5, 5.41) is 3.30. The van der Waals surface area contributed by atoms with Crippen LogP contribution >= 0.6 is 0 Å². The molecule has 0 aromatic heterocycles. The minimum atomic E-state index is -0.252. The third-order valence-corrected chi connectivity index (χ3v) is 3.44. The number of hydrogen-bond acceptors (Lipinski definition) is 2. The van der Waals surface area contributed by atoms with Gasteiger partial charge in [-0.1, -0.05) is 32.4 Å². The van der Waals surface area contributed by atoms with Gasteiger partial charge in [-0.2, -0.15) is 0 Å². The van der Waals surface area contributed by atoms with Crippen LogP contribution in [-0.2, 0) is 6.54 Å². The highest BCUT2D eigenvalue weighted by molar-refractivity contribution is 5.35. The van der Waals surface area contributed by atoms with Crippen LogP contribution in [0.5, 0.6) is 5.75 Å². The van der Waals surface area contributed by atoms with Gasteiger partial charge >= 0.3 is 0 Å². The number of halogens is 1. The molecule has 0 bridgehead atoms. The van der Waals surface area contributed by atoms with Crippen LogP contribution in [0, 0.1) is 11.7 Å². The highest BCUT2D eigenvalue weighted by Gasteiger charge is 2.19. The molecule has 1 saturated carbocycles. The lowest BCUT2D eigenvalue weighted by atomic mass is 9.86. The lowest BCUT2D eigenvalue weighted by Crippen LogP contribution is -2.23. The molecule has 18 heavy (non-hydrogen) atoms. The molecule has 1 aliphatic rings. The van der Waals surface area contributed by atoms with E-state index in [0.29, 0.717) is 30.9 Å². The Labute approximate surface area is 109 Å². The first-order chi connectivity index (χ1) is 8.66. The van der Waals surface area contributed by atoms with Gasteiger partial charge in [0.25, 0.3) is 0 Å². The van der Waals surface area contributed by atoms with E-state index in [2.05, 4.69) is 19.2 Å². The average Bonchev–Trinajstić information content (AvgIpc) is 2.26. The summed E-state index contributed by atoms with van der Waals surface area (Å²) in [6, 6.07) is 5.51. The predicted octanol–water partition coefficient (Wildman–Crippen LogP) is 3.50. The summed E-state index contributed by atoms with van der Waals surface area (Å²) in [4.78, 5) is 0. The van der Waals surface area contributed by atoms with E-state index >= 15 is 0 Å². The van der Waals surface area contributed by atoms with Crippen molar-refractivity contribution in [3.63, 3.8) is 0 Å². The van der Waals surface area contributed by atoms with Gasteiger partial charge in [-0.25, -0.2) is 4.39 Å². The SMILES string of the molecule is CC(C)NCc1cccc(F)c1OCC1CCC1. The number of para-hydroxylation sites is 1. The molecule has 2 nitrogen and oxygen atoms in total. The van der Waals surface area contributed by atoms with E-state index < -0.39 is 0 Å². The van der Waals surface area contributed by atoms with Crippen molar-refractivity contribution < 1.29 is 9.13 Å². The van der Waals surface area contributed by atoms with E-state index in [0.717, 1.165) is 5.56 Å². The van der Waals surface area contributed by atoms with Crippen LogP contribution in [-0.4, -0.2) is 12.6 Å². The first-order valence-corrected chi connectivity index (χ1v) is 6.80. The largest absolute Gasteiger partial charge is 0.490 e. The molecule has 100 valence electrons. The second-order valence-corrected chi connectivity index (χ2v) is 5.37. The van der Waals surface area contributed by atoms with Gasteiger partial charge < -0.3 is 10.1 Å². The maximum atomic E-state index is 13.8. The Bertz CT molecular complexity index is 388. The third-order valence-electron chi connectivity index (χ3n) is 3.44. The minimum Gasteiger partial charge on any atom is -0.490 e. The fraction of sp³-hybridized carbons (Fsp3) is 0.600. The molecule has 0 amide bonds. The maximum absolute atomic E-state index is 13.8. The highest BCUT2D eigenvalue weighted by Crippen LogP contribution is 2.29. The zero-order valence-electron chi connectivity index (χ0n) is 11.2. The molecule has 3 heteroatoms. The molecule has 0 atom stereocenters. The number of nitrogens with one attached hydrogen (secondary N) is 1. The van der Waals surface area contributed by atoms with Crippen LogP contribution in [0.4, 0.5) is 4.39 Å². The Morgan fingerprint density at radius 1 is 1.39 bits per heavy atom. The van der Waals surface area contributed by atoms with Crippen LogP contribution < -0.4 is 10.1 Å². The van der Waals surface area contributed by atoms with Crippen molar-refractivity contribution in [2.75, 3.05) is 6.61 Å². The van der Waals surface area contributed by atoms with Gasteiger partial charge in [0.15, 0.2) is 11.6 Å². The number of ether oxygens (including phenoxy) is 1. The molecular formula is C15H22FNO. The van der Waals surface area contributed by atoms with Crippen molar-refractivity contribution in [1.29, 1.82) is 0 Å². The number of hydrogen-bond donors (Lipinski definition) is 1.